The van der Waals surface area contributed by atoms with Gasteiger partial charge in [-0.2, -0.15) is 4.31 Å². The van der Waals surface area contributed by atoms with Crippen LogP contribution in [-0.4, -0.2) is 51.5 Å². The lowest BCUT2D eigenvalue weighted by Gasteiger charge is -2.21. The van der Waals surface area contributed by atoms with Crippen LogP contribution in [0.25, 0.3) is 0 Å². The van der Waals surface area contributed by atoms with Gasteiger partial charge in [0.15, 0.2) is 5.76 Å². The minimum Gasteiger partial charge on any atom is -0.455 e. The third-order valence-corrected chi connectivity index (χ3v) is 6.59. The quantitative estimate of drug-likeness (QED) is 0.864. The van der Waals surface area contributed by atoms with Crippen LogP contribution < -0.4 is 5.32 Å². The number of aryl methyl sites for hydroxylation is 1. The molecule has 0 bridgehead atoms. The molecule has 0 unspecified atom stereocenters. The van der Waals surface area contributed by atoms with Gasteiger partial charge >= 0.3 is 0 Å². The van der Waals surface area contributed by atoms with Crippen LogP contribution in [0.5, 0.6) is 0 Å². The van der Waals surface area contributed by atoms with Crippen LogP contribution in [-0.2, 0) is 14.8 Å². The zero-order valence-corrected chi connectivity index (χ0v) is 14.7. The molecule has 0 aromatic carbocycles. The number of hydrogen-bond acceptors (Lipinski definition) is 5. The Hall–Kier alpha value is -1.38. The second-order valence-electron chi connectivity index (χ2n) is 6.44. The first-order chi connectivity index (χ1) is 11.5. The van der Waals surface area contributed by atoms with E-state index in [1.807, 2.05) is 0 Å². The van der Waals surface area contributed by atoms with E-state index in [0.717, 1.165) is 32.3 Å². The van der Waals surface area contributed by atoms with Crippen molar-refractivity contribution in [1.29, 1.82) is 0 Å². The van der Waals surface area contributed by atoms with E-state index in [1.54, 1.807) is 6.92 Å². The molecule has 2 saturated heterocycles. The highest BCUT2D eigenvalue weighted by Crippen LogP contribution is 2.26. The number of sulfonamides is 1. The molecule has 0 radical (unpaired) electrons. The fourth-order valence-corrected chi connectivity index (χ4v) is 4.87. The van der Waals surface area contributed by atoms with E-state index in [1.165, 1.54) is 10.4 Å². The summed E-state index contributed by atoms with van der Waals surface area (Å²) >= 11 is 0. The molecule has 1 aromatic rings. The Morgan fingerprint density at radius 1 is 1.33 bits per heavy atom. The van der Waals surface area contributed by atoms with E-state index in [-0.39, 0.29) is 22.3 Å². The maximum atomic E-state index is 12.6. The highest BCUT2D eigenvalue weighted by atomic mass is 32.2. The highest BCUT2D eigenvalue weighted by Gasteiger charge is 2.31. The third kappa shape index (κ3) is 3.65. The molecule has 0 spiro atoms. The summed E-state index contributed by atoms with van der Waals surface area (Å²) in [5.41, 5.74) is 0. The van der Waals surface area contributed by atoms with Gasteiger partial charge in [-0.25, -0.2) is 8.42 Å². The molecule has 3 rings (SSSR count). The van der Waals surface area contributed by atoms with Crippen molar-refractivity contribution in [1.82, 2.24) is 9.62 Å². The van der Waals surface area contributed by atoms with Crippen molar-refractivity contribution < 1.29 is 22.4 Å². The van der Waals surface area contributed by atoms with E-state index in [0.29, 0.717) is 32.2 Å². The van der Waals surface area contributed by atoms with Gasteiger partial charge in [-0.15, -0.1) is 0 Å². The minimum absolute atomic E-state index is 0.0435. The summed E-state index contributed by atoms with van der Waals surface area (Å²) < 4.78 is 37.5. The lowest BCUT2D eigenvalue weighted by Crippen LogP contribution is -2.33. The SMILES string of the molecule is Cc1oc(C(=O)NC[C@@H]2CCCOC2)cc1S(=O)(=O)N1CCCC1. The van der Waals surface area contributed by atoms with Crippen molar-refractivity contribution in [3.05, 3.63) is 17.6 Å². The van der Waals surface area contributed by atoms with Gasteiger partial charge in [0.2, 0.25) is 10.0 Å². The largest absolute Gasteiger partial charge is 0.455 e. The number of amides is 1. The Kier molecular flexibility index (Phi) is 5.27. The lowest BCUT2D eigenvalue weighted by molar-refractivity contribution is 0.0533. The number of carbonyl (C=O) groups excluding carboxylic acids is 1. The standard InChI is InChI=1S/C16H24N2O5S/c1-12-15(24(20,21)18-6-2-3-7-18)9-14(23-12)16(19)17-10-13-5-4-8-22-11-13/h9,13H,2-8,10-11H2,1H3,(H,17,19)/t13-/m0/s1. The molecular weight excluding hydrogens is 332 g/mol. The number of hydrogen-bond donors (Lipinski definition) is 1. The second kappa shape index (κ2) is 7.25. The number of rotatable bonds is 5. The molecule has 1 N–H and O–H groups in total. The van der Waals surface area contributed by atoms with Gasteiger partial charge in [-0.05, 0) is 38.5 Å². The van der Waals surface area contributed by atoms with Crippen LogP contribution in [0.3, 0.4) is 0 Å². The maximum Gasteiger partial charge on any atom is 0.287 e. The molecule has 2 fully saturated rings. The summed E-state index contributed by atoms with van der Waals surface area (Å²) in [7, 11) is -3.58. The van der Waals surface area contributed by atoms with E-state index in [4.69, 9.17) is 9.15 Å². The Labute approximate surface area is 142 Å². The molecule has 2 aliphatic rings. The minimum atomic E-state index is -3.58. The zero-order chi connectivity index (χ0) is 17.2. The predicted molar refractivity (Wildman–Crippen MR) is 87.3 cm³/mol. The first kappa shape index (κ1) is 17.4. The van der Waals surface area contributed by atoms with E-state index in [2.05, 4.69) is 5.32 Å². The molecule has 0 aliphatic carbocycles. The number of ether oxygens (including phenoxy) is 1. The number of carbonyl (C=O) groups is 1. The van der Waals surface area contributed by atoms with Crippen molar-refractivity contribution in [2.24, 2.45) is 5.92 Å². The molecule has 1 aromatic heterocycles. The van der Waals surface area contributed by atoms with Crippen LogP contribution >= 0.6 is 0 Å². The number of nitrogens with zero attached hydrogens (tertiary/aromatic N) is 1. The second-order valence-corrected chi connectivity index (χ2v) is 8.34. The zero-order valence-electron chi connectivity index (χ0n) is 13.9. The first-order valence-electron chi connectivity index (χ1n) is 8.45. The molecule has 8 heteroatoms. The van der Waals surface area contributed by atoms with Gasteiger partial charge in [0.25, 0.3) is 5.91 Å². The Balaban J connectivity index is 1.67. The molecule has 3 heterocycles. The molecule has 2 aliphatic heterocycles. The van der Waals surface area contributed by atoms with Gasteiger partial charge < -0.3 is 14.5 Å². The summed E-state index contributed by atoms with van der Waals surface area (Å²) in [4.78, 5) is 12.3. The van der Waals surface area contributed by atoms with Crippen molar-refractivity contribution in [3.8, 4) is 0 Å². The summed E-state index contributed by atoms with van der Waals surface area (Å²) in [5, 5.41) is 2.81. The summed E-state index contributed by atoms with van der Waals surface area (Å²) in [6.45, 7) is 4.55. The lowest BCUT2D eigenvalue weighted by atomic mass is 10.0. The molecule has 1 amide bonds. The van der Waals surface area contributed by atoms with Gasteiger partial charge in [0.1, 0.15) is 10.7 Å². The van der Waals surface area contributed by atoms with Crippen LogP contribution in [0, 0.1) is 12.8 Å². The monoisotopic (exact) mass is 356 g/mol. The smallest absolute Gasteiger partial charge is 0.287 e. The van der Waals surface area contributed by atoms with Gasteiger partial charge in [0, 0.05) is 32.3 Å². The molecule has 134 valence electrons. The highest BCUT2D eigenvalue weighted by molar-refractivity contribution is 7.89. The van der Waals surface area contributed by atoms with Crippen LogP contribution in [0.15, 0.2) is 15.4 Å². The topological polar surface area (TPSA) is 88.8 Å². The normalized spacial score (nSPS) is 22.6. The summed E-state index contributed by atoms with van der Waals surface area (Å²) in [6.07, 6.45) is 3.75. The first-order valence-corrected chi connectivity index (χ1v) is 9.89. The van der Waals surface area contributed by atoms with Crippen molar-refractivity contribution in [2.75, 3.05) is 32.8 Å². The average molecular weight is 356 g/mol. The fourth-order valence-electron chi connectivity index (χ4n) is 3.19. The van der Waals surface area contributed by atoms with Gasteiger partial charge in [-0.1, -0.05) is 0 Å². The fraction of sp³-hybridized carbons (Fsp3) is 0.688. The summed E-state index contributed by atoms with van der Waals surface area (Å²) in [6, 6.07) is 1.34. The van der Waals surface area contributed by atoms with Crippen molar-refractivity contribution in [3.63, 3.8) is 0 Å². The van der Waals surface area contributed by atoms with Crippen LogP contribution in [0.1, 0.15) is 42.0 Å². The molecule has 0 saturated carbocycles. The van der Waals surface area contributed by atoms with Crippen LogP contribution in [0.4, 0.5) is 0 Å². The average Bonchev–Trinajstić information content (AvgIpc) is 3.23. The summed E-state index contributed by atoms with van der Waals surface area (Å²) in [5.74, 6) is 0.216. The molecular formula is C16H24N2O5S. The van der Waals surface area contributed by atoms with Gasteiger partial charge in [-0.3, -0.25) is 4.79 Å². The Morgan fingerprint density at radius 3 is 2.75 bits per heavy atom. The maximum absolute atomic E-state index is 12.6. The molecule has 24 heavy (non-hydrogen) atoms. The van der Waals surface area contributed by atoms with Gasteiger partial charge in [0.05, 0.1) is 6.61 Å². The predicted octanol–water partition coefficient (Wildman–Crippen LogP) is 1.53. The van der Waals surface area contributed by atoms with Crippen molar-refractivity contribution >= 4 is 15.9 Å². The van der Waals surface area contributed by atoms with Crippen LogP contribution in [0.2, 0.25) is 0 Å². The van der Waals surface area contributed by atoms with E-state index in [9.17, 15) is 13.2 Å². The Morgan fingerprint density at radius 2 is 2.08 bits per heavy atom. The number of furan rings is 1. The third-order valence-electron chi connectivity index (χ3n) is 4.58. The Bertz CT molecular complexity index is 685. The van der Waals surface area contributed by atoms with Crippen molar-refractivity contribution in [2.45, 2.75) is 37.5 Å². The van der Waals surface area contributed by atoms with E-state index >= 15 is 0 Å². The molecule has 7 nitrogen and oxygen atoms in total. The number of nitrogens with one attached hydrogen (secondary N) is 1. The molecule has 1 atom stereocenters. The van der Waals surface area contributed by atoms with E-state index < -0.39 is 10.0 Å².